The molecule has 0 aromatic rings. The molecule has 0 radical (unpaired) electrons. The monoisotopic (exact) mass is 263 g/mol. The lowest BCUT2D eigenvalue weighted by atomic mass is 9.70. The Morgan fingerprint density at radius 3 is 2.22 bits per heavy atom. The highest BCUT2D eigenvalue weighted by atomic mass is 19.4. The molecule has 102 valence electrons. The summed E-state index contributed by atoms with van der Waals surface area (Å²) in [4.78, 5) is 16.9. The Hall–Kier alpha value is -0.620. The fourth-order valence-corrected chi connectivity index (χ4v) is 4.03. The maximum Gasteiger partial charge on any atom is 0.435 e. The molecule has 3 nitrogen and oxygen atoms in total. The molecule has 0 spiro atoms. The van der Waals surface area contributed by atoms with Gasteiger partial charge in [-0.25, -0.2) is 0 Å². The molecule has 1 saturated heterocycles. The van der Waals surface area contributed by atoms with E-state index in [9.17, 15) is 18.0 Å². The topological polar surface area (TPSA) is 51.5 Å². The number of hydrogen-bond acceptors (Lipinski definition) is 3. The summed E-state index contributed by atoms with van der Waals surface area (Å²) in [6.45, 7) is 5.59. The molecule has 1 heterocycles. The van der Waals surface area contributed by atoms with Crippen LogP contribution in [0, 0.1) is 22.7 Å². The Labute approximate surface area is 103 Å². The van der Waals surface area contributed by atoms with Crippen LogP contribution in [0.2, 0.25) is 0 Å². The van der Waals surface area contributed by atoms with Crippen molar-refractivity contribution in [2.75, 3.05) is 0 Å². The highest BCUT2D eigenvalue weighted by molar-refractivity contribution is 5.93. The van der Waals surface area contributed by atoms with Gasteiger partial charge in [0.05, 0.1) is 5.92 Å². The quantitative estimate of drug-likeness (QED) is 0.739. The van der Waals surface area contributed by atoms with Crippen molar-refractivity contribution < 1.29 is 22.8 Å². The van der Waals surface area contributed by atoms with E-state index in [0.29, 0.717) is 12.8 Å². The van der Waals surface area contributed by atoms with Crippen LogP contribution >= 0.6 is 0 Å². The van der Waals surface area contributed by atoms with Gasteiger partial charge in [0.15, 0.2) is 0 Å². The van der Waals surface area contributed by atoms with Crippen LogP contribution in [0.25, 0.3) is 0 Å². The van der Waals surface area contributed by atoms with Crippen molar-refractivity contribution in [1.29, 1.82) is 0 Å². The highest BCUT2D eigenvalue weighted by Crippen LogP contribution is 2.69. The molecule has 3 unspecified atom stereocenters. The molecule has 0 aromatic heterocycles. The molecular formula is C12H16F3NO2. The van der Waals surface area contributed by atoms with E-state index in [2.05, 4.69) is 4.84 Å². The summed E-state index contributed by atoms with van der Waals surface area (Å²) >= 11 is 0. The minimum Gasteiger partial charge on any atom is -0.299 e. The Balaban J connectivity index is 2.05. The maximum atomic E-state index is 13.1. The average molecular weight is 263 g/mol. The summed E-state index contributed by atoms with van der Waals surface area (Å²) in [5, 5.41) is 0. The zero-order valence-corrected chi connectivity index (χ0v) is 10.5. The predicted octanol–water partition coefficient (Wildman–Crippen LogP) is 2.42. The summed E-state index contributed by atoms with van der Waals surface area (Å²) in [6.07, 6.45) is -3.22. The number of alkyl halides is 3. The summed E-state index contributed by atoms with van der Waals surface area (Å²) in [5.74, 6) is -1.68. The van der Waals surface area contributed by atoms with E-state index in [-0.39, 0.29) is 11.7 Å². The number of carbonyl (C=O) groups is 1. The summed E-state index contributed by atoms with van der Waals surface area (Å²) < 4.78 is 39.2. The molecule has 2 bridgehead atoms. The van der Waals surface area contributed by atoms with Gasteiger partial charge in [0.2, 0.25) is 0 Å². The second-order valence-corrected chi connectivity index (χ2v) is 6.48. The molecule has 2 aliphatic carbocycles. The second-order valence-electron chi connectivity index (χ2n) is 6.48. The number of hydrogen-bond donors (Lipinski definition) is 1. The first-order valence-corrected chi connectivity index (χ1v) is 6.14. The van der Waals surface area contributed by atoms with Gasteiger partial charge in [0.1, 0.15) is 5.78 Å². The van der Waals surface area contributed by atoms with Crippen molar-refractivity contribution >= 4 is 5.78 Å². The van der Waals surface area contributed by atoms with E-state index >= 15 is 0 Å². The Morgan fingerprint density at radius 2 is 1.89 bits per heavy atom. The van der Waals surface area contributed by atoms with Gasteiger partial charge < -0.3 is 0 Å². The Bertz CT molecular complexity index is 428. The van der Waals surface area contributed by atoms with E-state index in [0.717, 1.165) is 0 Å². The number of ketones is 1. The second kappa shape index (κ2) is 2.93. The third-order valence-electron chi connectivity index (χ3n) is 5.71. The van der Waals surface area contributed by atoms with Gasteiger partial charge in [0.25, 0.3) is 5.72 Å². The van der Waals surface area contributed by atoms with Crippen molar-refractivity contribution in [3.05, 3.63) is 0 Å². The first kappa shape index (κ1) is 12.4. The fourth-order valence-electron chi connectivity index (χ4n) is 4.03. The zero-order valence-electron chi connectivity index (χ0n) is 10.5. The number of fused-ring (bicyclic) bond motifs is 2. The standard InChI is InChI=1S/C12H16F3NO2/c1-9(2)6-4-5-10(9,3)8(17)7(6)11(16-18-11)12(13,14)15/h6-7,16H,4-5H2,1-3H3/t6?,7?,10?,11-/m0/s1. The van der Waals surface area contributed by atoms with Crippen LogP contribution in [0.4, 0.5) is 13.2 Å². The Kier molecular flexibility index (Phi) is 2.02. The van der Waals surface area contributed by atoms with Crippen molar-refractivity contribution in [3.63, 3.8) is 0 Å². The van der Waals surface area contributed by atoms with Crippen LogP contribution in [0.5, 0.6) is 0 Å². The molecule has 2 saturated carbocycles. The van der Waals surface area contributed by atoms with Crippen LogP contribution in [0.3, 0.4) is 0 Å². The van der Waals surface area contributed by atoms with Gasteiger partial charge in [-0.05, 0) is 24.2 Å². The van der Waals surface area contributed by atoms with Crippen molar-refractivity contribution in [2.24, 2.45) is 22.7 Å². The summed E-state index contributed by atoms with van der Waals surface area (Å²) in [6, 6.07) is 0. The van der Waals surface area contributed by atoms with Gasteiger partial charge in [0, 0.05) is 5.41 Å². The number of Topliss-reactive ketones (excluding diaryl/α,β-unsaturated/α-hetero) is 1. The SMILES string of the molecule is CC12CCC(C([C@]3(C(F)(F)F)NO3)C1=O)C2(C)C. The van der Waals surface area contributed by atoms with Gasteiger partial charge in [-0.1, -0.05) is 20.8 Å². The number of carbonyl (C=O) groups excluding carboxylic acids is 1. The molecular weight excluding hydrogens is 247 g/mol. The van der Waals surface area contributed by atoms with Crippen LogP contribution in [0.1, 0.15) is 33.6 Å². The minimum absolute atomic E-state index is 0.272. The first-order valence-electron chi connectivity index (χ1n) is 6.14. The van der Waals surface area contributed by atoms with Crippen molar-refractivity contribution in [1.82, 2.24) is 5.48 Å². The van der Waals surface area contributed by atoms with Gasteiger partial charge in [-0.2, -0.15) is 18.7 Å². The van der Waals surface area contributed by atoms with E-state index < -0.39 is 28.6 Å². The molecule has 0 aromatic carbocycles. The van der Waals surface area contributed by atoms with Crippen LogP contribution in [-0.2, 0) is 9.63 Å². The normalized spacial score (nSPS) is 49.8. The molecule has 18 heavy (non-hydrogen) atoms. The predicted molar refractivity (Wildman–Crippen MR) is 56.1 cm³/mol. The molecule has 3 aliphatic rings. The smallest absolute Gasteiger partial charge is 0.299 e. The minimum atomic E-state index is -4.55. The lowest BCUT2D eigenvalue weighted by Crippen LogP contribution is -2.49. The molecule has 0 amide bonds. The average Bonchev–Trinajstić information content (AvgIpc) is 2.95. The fraction of sp³-hybridized carbons (Fsp3) is 0.917. The third-order valence-corrected chi connectivity index (χ3v) is 5.71. The number of hydroxylamine groups is 1. The summed E-state index contributed by atoms with van der Waals surface area (Å²) in [5.41, 5.74) is -1.53. The number of nitrogens with one attached hydrogen (secondary N) is 1. The maximum absolute atomic E-state index is 13.1. The molecule has 6 heteroatoms. The van der Waals surface area contributed by atoms with E-state index in [1.54, 1.807) is 6.92 Å². The lowest BCUT2D eigenvalue weighted by Gasteiger charge is -2.32. The zero-order chi connectivity index (χ0) is 13.6. The molecule has 3 rings (SSSR count). The molecule has 1 aliphatic heterocycles. The largest absolute Gasteiger partial charge is 0.435 e. The molecule has 1 N–H and O–H groups in total. The molecule has 4 atom stereocenters. The van der Waals surface area contributed by atoms with Crippen LogP contribution in [-0.4, -0.2) is 17.7 Å². The van der Waals surface area contributed by atoms with Crippen LogP contribution < -0.4 is 5.48 Å². The molecule has 3 fully saturated rings. The lowest BCUT2D eigenvalue weighted by molar-refractivity contribution is -0.205. The Morgan fingerprint density at radius 1 is 1.33 bits per heavy atom. The number of rotatable bonds is 1. The third kappa shape index (κ3) is 1.08. The van der Waals surface area contributed by atoms with E-state index in [1.807, 2.05) is 19.3 Å². The van der Waals surface area contributed by atoms with Crippen molar-refractivity contribution in [3.8, 4) is 0 Å². The van der Waals surface area contributed by atoms with E-state index in [4.69, 9.17) is 0 Å². The summed E-state index contributed by atoms with van der Waals surface area (Å²) in [7, 11) is 0. The first-order chi connectivity index (χ1) is 8.08. The van der Waals surface area contributed by atoms with E-state index in [1.165, 1.54) is 0 Å². The van der Waals surface area contributed by atoms with Crippen LogP contribution in [0.15, 0.2) is 0 Å². The van der Waals surface area contributed by atoms with Crippen molar-refractivity contribution in [2.45, 2.75) is 45.5 Å². The highest BCUT2D eigenvalue weighted by Gasteiger charge is 2.81. The van der Waals surface area contributed by atoms with Gasteiger partial charge in [-0.3, -0.25) is 9.63 Å². The number of halogens is 3. The van der Waals surface area contributed by atoms with Gasteiger partial charge >= 0.3 is 6.18 Å². The van der Waals surface area contributed by atoms with Gasteiger partial charge in [-0.15, -0.1) is 0 Å².